The fourth-order valence-electron chi connectivity index (χ4n) is 4.47. The topological polar surface area (TPSA) is 83.9 Å². The van der Waals surface area contributed by atoms with Gasteiger partial charge in [-0.2, -0.15) is 5.10 Å². The van der Waals surface area contributed by atoms with Gasteiger partial charge >= 0.3 is 0 Å². The molecule has 0 aromatic heterocycles. The van der Waals surface area contributed by atoms with E-state index in [1.807, 2.05) is 24.3 Å². The third-order valence-electron chi connectivity index (χ3n) is 6.58. The SMILES string of the molecule is COCC(=O)N(CCN1CCOCC1)CC(=O)N1N=C(c2ccc(OC)cc2)C[C@H]1c1ccc(F)cc1. The highest BCUT2D eigenvalue weighted by Gasteiger charge is 2.34. The highest BCUT2D eigenvalue weighted by atomic mass is 19.1. The lowest BCUT2D eigenvalue weighted by atomic mass is 9.98. The molecule has 1 atom stereocenters. The van der Waals surface area contributed by atoms with E-state index in [1.54, 1.807) is 19.2 Å². The molecular weight excluding hydrogens is 479 g/mol. The van der Waals surface area contributed by atoms with E-state index >= 15 is 0 Å². The molecule has 1 saturated heterocycles. The summed E-state index contributed by atoms with van der Waals surface area (Å²) < 4.78 is 29.3. The number of hydrazone groups is 1. The van der Waals surface area contributed by atoms with Crippen molar-refractivity contribution in [3.63, 3.8) is 0 Å². The van der Waals surface area contributed by atoms with E-state index in [0.717, 1.165) is 35.7 Å². The minimum absolute atomic E-state index is 0.113. The van der Waals surface area contributed by atoms with Crippen molar-refractivity contribution in [2.24, 2.45) is 5.10 Å². The molecule has 0 spiro atoms. The number of rotatable bonds is 10. The first-order chi connectivity index (χ1) is 18.0. The van der Waals surface area contributed by atoms with Gasteiger partial charge in [0.1, 0.15) is 24.7 Å². The molecule has 2 aliphatic rings. The zero-order chi connectivity index (χ0) is 26.2. The number of hydrogen-bond acceptors (Lipinski definition) is 7. The van der Waals surface area contributed by atoms with Gasteiger partial charge < -0.3 is 19.1 Å². The van der Waals surface area contributed by atoms with Crippen molar-refractivity contribution in [3.8, 4) is 5.75 Å². The van der Waals surface area contributed by atoms with Gasteiger partial charge in [0.25, 0.3) is 5.91 Å². The van der Waals surface area contributed by atoms with Crippen LogP contribution in [0.15, 0.2) is 53.6 Å². The lowest BCUT2D eigenvalue weighted by Gasteiger charge is -2.31. The van der Waals surface area contributed by atoms with Crippen molar-refractivity contribution in [1.29, 1.82) is 0 Å². The highest BCUT2D eigenvalue weighted by molar-refractivity contribution is 6.03. The molecule has 4 rings (SSSR count). The first-order valence-corrected chi connectivity index (χ1v) is 12.3. The molecule has 0 saturated carbocycles. The zero-order valence-corrected chi connectivity index (χ0v) is 21.3. The van der Waals surface area contributed by atoms with Crippen LogP contribution < -0.4 is 4.74 Å². The van der Waals surface area contributed by atoms with Crippen LogP contribution >= 0.6 is 0 Å². The van der Waals surface area contributed by atoms with Crippen LogP contribution in [0.5, 0.6) is 5.75 Å². The second kappa shape index (κ2) is 12.8. The van der Waals surface area contributed by atoms with Gasteiger partial charge in [0.15, 0.2) is 0 Å². The standard InChI is InChI=1S/C27H33FN4O5/c1-35-19-27(34)31(12-11-30-13-15-37-16-14-30)18-26(33)32-25(21-3-7-22(28)8-4-21)17-24(29-32)20-5-9-23(36-2)10-6-20/h3-10,25H,11-19H2,1-2H3/t25-/m0/s1. The van der Waals surface area contributed by atoms with Gasteiger partial charge in [0.2, 0.25) is 5.91 Å². The summed E-state index contributed by atoms with van der Waals surface area (Å²) in [7, 11) is 3.05. The normalized spacial score (nSPS) is 18.0. The molecule has 1 fully saturated rings. The lowest BCUT2D eigenvalue weighted by molar-refractivity contribution is -0.143. The van der Waals surface area contributed by atoms with Crippen molar-refractivity contribution >= 4 is 17.5 Å². The number of carbonyl (C=O) groups excluding carboxylic acids is 2. The number of halogens is 1. The predicted octanol–water partition coefficient (Wildman–Crippen LogP) is 2.32. The molecule has 0 aliphatic carbocycles. The van der Waals surface area contributed by atoms with Crippen LogP contribution in [-0.4, -0.2) is 99.1 Å². The molecule has 0 radical (unpaired) electrons. The molecule has 2 aromatic rings. The summed E-state index contributed by atoms with van der Waals surface area (Å²) in [6.07, 6.45) is 0.462. The van der Waals surface area contributed by atoms with E-state index in [1.165, 1.54) is 29.2 Å². The van der Waals surface area contributed by atoms with Crippen molar-refractivity contribution in [3.05, 3.63) is 65.5 Å². The highest BCUT2D eigenvalue weighted by Crippen LogP contribution is 2.33. The maximum atomic E-state index is 13.6. The molecule has 37 heavy (non-hydrogen) atoms. The zero-order valence-electron chi connectivity index (χ0n) is 21.3. The summed E-state index contributed by atoms with van der Waals surface area (Å²) in [5.74, 6) is -0.210. The van der Waals surface area contributed by atoms with E-state index < -0.39 is 6.04 Å². The van der Waals surface area contributed by atoms with Gasteiger partial charge in [-0.15, -0.1) is 0 Å². The molecule has 0 N–H and O–H groups in total. The average molecular weight is 513 g/mol. The monoisotopic (exact) mass is 512 g/mol. The van der Waals surface area contributed by atoms with E-state index in [2.05, 4.69) is 10.0 Å². The summed E-state index contributed by atoms with van der Waals surface area (Å²) in [5.41, 5.74) is 2.36. The summed E-state index contributed by atoms with van der Waals surface area (Å²) in [5, 5.41) is 6.10. The smallest absolute Gasteiger partial charge is 0.262 e. The average Bonchev–Trinajstić information content (AvgIpc) is 3.38. The summed E-state index contributed by atoms with van der Waals surface area (Å²) in [4.78, 5) is 30.1. The Morgan fingerprint density at radius 1 is 1.08 bits per heavy atom. The molecule has 0 bridgehead atoms. The lowest BCUT2D eigenvalue weighted by Crippen LogP contribution is -2.47. The number of hydrogen-bond donors (Lipinski definition) is 0. The molecule has 10 heteroatoms. The van der Waals surface area contributed by atoms with Crippen LogP contribution in [0, 0.1) is 5.82 Å². The molecular formula is C27H33FN4O5. The summed E-state index contributed by atoms with van der Waals surface area (Å²) in [6.45, 7) is 3.65. The van der Waals surface area contributed by atoms with Gasteiger partial charge in [-0.25, -0.2) is 9.40 Å². The third-order valence-corrected chi connectivity index (χ3v) is 6.58. The number of ether oxygens (including phenoxy) is 3. The van der Waals surface area contributed by atoms with Crippen LogP contribution in [0.4, 0.5) is 4.39 Å². The summed E-state index contributed by atoms with van der Waals surface area (Å²) >= 11 is 0. The van der Waals surface area contributed by atoms with E-state index in [9.17, 15) is 14.0 Å². The Kier molecular flexibility index (Phi) is 9.21. The van der Waals surface area contributed by atoms with E-state index in [0.29, 0.717) is 32.7 Å². The number of benzene rings is 2. The minimum Gasteiger partial charge on any atom is -0.497 e. The quantitative estimate of drug-likeness (QED) is 0.486. The predicted molar refractivity (Wildman–Crippen MR) is 136 cm³/mol. The fraction of sp³-hybridized carbons (Fsp3) is 0.444. The van der Waals surface area contributed by atoms with E-state index in [4.69, 9.17) is 14.2 Å². The molecule has 2 amide bonds. The van der Waals surface area contributed by atoms with Crippen molar-refractivity contribution < 1.29 is 28.2 Å². The maximum Gasteiger partial charge on any atom is 0.262 e. The molecule has 198 valence electrons. The van der Waals surface area contributed by atoms with Gasteiger partial charge in [0, 0.05) is 39.7 Å². The first-order valence-electron chi connectivity index (χ1n) is 12.3. The molecule has 2 heterocycles. The largest absolute Gasteiger partial charge is 0.497 e. The van der Waals surface area contributed by atoms with Gasteiger partial charge in [-0.1, -0.05) is 12.1 Å². The fourth-order valence-corrected chi connectivity index (χ4v) is 4.47. The number of morpholine rings is 1. The molecule has 9 nitrogen and oxygen atoms in total. The number of carbonyl (C=O) groups is 2. The Balaban J connectivity index is 1.54. The second-order valence-electron chi connectivity index (χ2n) is 8.99. The number of amides is 2. The molecule has 0 unspecified atom stereocenters. The van der Waals surface area contributed by atoms with Crippen LogP contribution in [-0.2, 0) is 19.1 Å². The Bertz CT molecular complexity index is 1090. The van der Waals surface area contributed by atoms with Gasteiger partial charge in [-0.3, -0.25) is 14.5 Å². The van der Waals surface area contributed by atoms with Crippen molar-refractivity contribution in [1.82, 2.24) is 14.8 Å². The van der Waals surface area contributed by atoms with Crippen LogP contribution in [0.1, 0.15) is 23.6 Å². The maximum absolute atomic E-state index is 13.6. The minimum atomic E-state index is -0.413. The van der Waals surface area contributed by atoms with Crippen LogP contribution in [0.2, 0.25) is 0 Å². The summed E-state index contributed by atoms with van der Waals surface area (Å²) in [6, 6.07) is 13.1. The molecule has 2 aliphatic heterocycles. The van der Waals surface area contributed by atoms with Gasteiger partial charge in [0.05, 0.1) is 32.1 Å². The van der Waals surface area contributed by atoms with Gasteiger partial charge in [-0.05, 0) is 47.5 Å². The first kappa shape index (κ1) is 26.7. The van der Waals surface area contributed by atoms with Crippen molar-refractivity contribution in [2.75, 3.05) is 66.8 Å². The number of nitrogens with zero attached hydrogens (tertiary/aromatic N) is 4. The Morgan fingerprint density at radius 2 is 1.78 bits per heavy atom. The number of methoxy groups -OCH3 is 2. The molecule has 2 aromatic carbocycles. The second-order valence-corrected chi connectivity index (χ2v) is 8.99. The van der Waals surface area contributed by atoms with Crippen LogP contribution in [0.25, 0.3) is 0 Å². The van der Waals surface area contributed by atoms with E-state index in [-0.39, 0.29) is 30.8 Å². The third kappa shape index (κ3) is 6.91. The van der Waals surface area contributed by atoms with Crippen LogP contribution in [0.3, 0.4) is 0 Å². The Labute approximate surface area is 216 Å². The van der Waals surface area contributed by atoms with Crippen molar-refractivity contribution in [2.45, 2.75) is 12.5 Å². The Hall–Kier alpha value is -3.34. The Morgan fingerprint density at radius 3 is 2.43 bits per heavy atom.